The van der Waals surface area contributed by atoms with Crippen molar-refractivity contribution in [2.75, 3.05) is 11.9 Å². The molecule has 6 heteroatoms. The van der Waals surface area contributed by atoms with Crippen LogP contribution in [0.15, 0.2) is 84.9 Å². The molecule has 1 N–H and O–H groups in total. The Morgan fingerprint density at radius 2 is 1.51 bits per heavy atom. The SMILES string of the molecule is N#Cc1c(NC(=O)c2ccc(C(=O)c3ccccc3)cc2)sc2c1CCN(Cc1ccccc1)C2. The number of nitrogens with zero attached hydrogens (tertiary/aromatic N) is 2. The van der Waals surface area contributed by atoms with E-state index in [9.17, 15) is 14.9 Å². The van der Waals surface area contributed by atoms with Crippen LogP contribution in [0, 0.1) is 11.3 Å². The maximum absolute atomic E-state index is 12.9. The largest absolute Gasteiger partial charge is 0.312 e. The Balaban J connectivity index is 1.29. The molecule has 0 fully saturated rings. The number of hydrogen-bond donors (Lipinski definition) is 1. The Morgan fingerprint density at radius 1 is 0.886 bits per heavy atom. The van der Waals surface area contributed by atoms with Crippen LogP contribution in [0.3, 0.4) is 0 Å². The number of rotatable bonds is 6. The van der Waals surface area contributed by atoms with E-state index in [2.05, 4.69) is 28.4 Å². The number of hydrogen-bond acceptors (Lipinski definition) is 5. The summed E-state index contributed by atoms with van der Waals surface area (Å²) in [7, 11) is 0. The third-order valence-electron chi connectivity index (χ3n) is 6.17. The summed E-state index contributed by atoms with van der Waals surface area (Å²) < 4.78 is 0. The maximum atomic E-state index is 12.9. The molecule has 5 rings (SSSR count). The van der Waals surface area contributed by atoms with Gasteiger partial charge in [0.2, 0.25) is 0 Å². The zero-order valence-electron chi connectivity index (χ0n) is 19.0. The lowest BCUT2D eigenvalue weighted by Crippen LogP contribution is -2.29. The first kappa shape index (κ1) is 22.7. The molecular weight excluding hydrogens is 454 g/mol. The molecular formula is C29H23N3O2S. The highest BCUT2D eigenvalue weighted by Gasteiger charge is 2.25. The average Bonchev–Trinajstić information content (AvgIpc) is 3.25. The van der Waals surface area contributed by atoms with Crippen LogP contribution < -0.4 is 5.32 Å². The minimum absolute atomic E-state index is 0.0877. The highest BCUT2D eigenvalue weighted by atomic mass is 32.1. The number of carbonyl (C=O) groups excluding carboxylic acids is 2. The second-order valence-electron chi connectivity index (χ2n) is 8.49. The van der Waals surface area contributed by atoms with E-state index < -0.39 is 0 Å². The van der Waals surface area contributed by atoms with E-state index in [-0.39, 0.29) is 11.7 Å². The number of amides is 1. The van der Waals surface area contributed by atoms with Crippen LogP contribution in [0.5, 0.6) is 0 Å². The molecule has 0 saturated heterocycles. The Morgan fingerprint density at radius 3 is 2.20 bits per heavy atom. The molecule has 0 aliphatic carbocycles. The molecule has 0 bridgehead atoms. The van der Waals surface area contributed by atoms with Crippen LogP contribution in [0.4, 0.5) is 5.00 Å². The molecule has 172 valence electrons. The van der Waals surface area contributed by atoms with Gasteiger partial charge in [0.15, 0.2) is 5.78 Å². The fourth-order valence-corrected chi connectivity index (χ4v) is 5.58. The Kier molecular flexibility index (Phi) is 6.53. The first-order valence-electron chi connectivity index (χ1n) is 11.4. The van der Waals surface area contributed by atoms with Crippen LogP contribution in [-0.4, -0.2) is 23.1 Å². The van der Waals surface area contributed by atoms with Gasteiger partial charge in [0.25, 0.3) is 5.91 Å². The van der Waals surface area contributed by atoms with Crippen molar-refractivity contribution in [3.8, 4) is 6.07 Å². The third-order valence-corrected chi connectivity index (χ3v) is 7.30. The third kappa shape index (κ3) is 4.92. The van der Waals surface area contributed by atoms with Crippen LogP contribution in [0.1, 0.15) is 47.8 Å². The van der Waals surface area contributed by atoms with Gasteiger partial charge in [-0.3, -0.25) is 14.5 Å². The van der Waals surface area contributed by atoms with Crippen molar-refractivity contribution in [3.05, 3.63) is 123 Å². The number of nitrogens with one attached hydrogen (secondary N) is 1. The number of ketones is 1. The second kappa shape index (κ2) is 10.1. The molecule has 1 aliphatic heterocycles. The summed E-state index contributed by atoms with van der Waals surface area (Å²) in [6.45, 7) is 2.49. The van der Waals surface area contributed by atoms with E-state index >= 15 is 0 Å². The van der Waals surface area contributed by atoms with Crippen LogP contribution in [0.25, 0.3) is 0 Å². The van der Waals surface area contributed by atoms with Gasteiger partial charge in [0.1, 0.15) is 11.1 Å². The van der Waals surface area contributed by atoms with Gasteiger partial charge in [-0.2, -0.15) is 5.26 Å². The second-order valence-corrected chi connectivity index (χ2v) is 9.60. The predicted octanol–water partition coefficient (Wildman–Crippen LogP) is 5.66. The number of nitriles is 1. The van der Waals surface area contributed by atoms with Crippen molar-refractivity contribution < 1.29 is 9.59 Å². The van der Waals surface area contributed by atoms with Crippen LogP contribution >= 0.6 is 11.3 Å². The first-order chi connectivity index (χ1) is 17.1. The Bertz CT molecular complexity index is 1400. The highest BCUT2D eigenvalue weighted by Crippen LogP contribution is 2.37. The number of carbonyl (C=O) groups is 2. The normalized spacial score (nSPS) is 13.0. The van der Waals surface area contributed by atoms with E-state index in [1.54, 1.807) is 36.4 Å². The lowest BCUT2D eigenvalue weighted by Gasteiger charge is -2.26. The number of anilines is 1. The molecule has 1 aliphatic rings. The molecule has 0 atom stereocenters. The minimum atomic E-state index is -0.292. The first-order valence-corrected chi connectivity index (χ1v) is 12.3. The van der Waals surface area contributed by atoms with Crippen molar-refractivity contribution in [1.29, 1.82) is 5.26 Å². The van der Waals surface area contributed by atoms with Crippen molar-refractivity contribution in [2.24, 2.45) is 0 Å². The molecule has 1 amide bonds. The van der Waals surface area contributed by atoms with E-state index in [1.807, 2.05) is 36.4 Å². The zero-order chi connectivity index (χ0) is 24.2. The Labute approximate surface area is 208 Å². The topological polar surface area (TPSA) is 73.2 Å². The summed E-state index contributed by atoms with van der Waals surface area (Å²) >= 11 is 1.48. The smallest absolute Gasteiger partial charge is 0.256 e. The summed E-state index contributed by atoms with van der Waals surface area (Å²) in [6, 6.07) is 28.3. The van der Waals surface area contributed by atoms with E-state index in [0.29, 0.717) is 27.3 Å². The highest BCUT2D eigenvalue weighted by molar-refractivity contribution is 7.16. The van der Waals surface area contributed by atoms with Crippen LogP contribution in [0.2, 0.25) is 0 Å². The van der Waals surface area contributed by atoms with Gasteiger partial charge >= 0.3 is 0 Å². The molecule has 3 aromatic carbocycles. The summed E-state index contributed by atoms with van der Waals surface area (Å²) in [5.41, 5.74) is 4.44. The van der Waals surface area contributed by atoms with Gasteiger partial charge in [0.05, 0.1) is 5.56 Å². The molecule has 0 saturated carbocycles. The van der Waals surface area contributed by atoms with Gasteiger partial charge in [-0.15, -0.1) is 11.3 Å². The quantitative estimate of drug-likeness (QED) is 0.364. The zero-order valence-corrected chi connectivity index (χ0v) is 19.8. The number of benzene rings is 3. The van der Waals surface area contributed by atoms with Gasteiger partial charge in [-0.1, -0.05) is 72.8 Å². The van der Waals surface area contributed by atoms with E-state index in [4.69, 9.17) is 0 Å². The van der Waals surface area contributed by atoms with Gasteiger partial charge < -0.3 is 5.32 Å². The molecule has 1 aromatic heterocycles. The van der Waals surface area contributed by atoms with E-state index in [0.717, 1.165) is 36.5 Å². The number of fused-ring (bicyclic) bond motifs is 1. The lowest BCUT2D eigenvalue weighted by atomic mass is 10.0. The molecule has 0 unspecified atom stereocenters. The molecule has 5 nitrogen and oxygen atoms in total. The fourth-order valence-electron chi connectivity index (χ4n) is 4.34. The minimum Gasteiger partial charge on any atom is -0.312 e. The summed E-state index contributed by atoms with van der Waals surface area (Å²) in [5.74, 6) is -0.379. The van der Waals surface area contributed by atoms with Gasteiger partial charge in [0, 0.05) is 41.2 Å². The summed E-state index contributed by atoms with van der Waals surface area (Å²) in [4.78, 5) is 29.1. The maximum Gasteiger partial charge on any atom is 0.256 e. The molecule has 35 heavy (non-hydrogen) atoms. The summed E-state index contributed by atoms with van der Waals surface area (Å²) in [5, 5.41) is 13.3. The fraction of sp³-hybridized carbons (Fsp3) is 0.138. The molecule has 4 aromatic rings. The van der Waals surface area contributed by atoms with E-state index in [1.165, 1.54) is 16.9 Å². The summed E-state index contributed by atoms with van der Waals surface area (Å²) in [6.07, 6.45) is 0.785. The average molecular weight is 478 g/mol. The standard InChI is InChI=1S/C29H23N3O2S/c30-17-25-24-15-16-32(18-20-7-3-1-4-8-20)19-26(24)35-29(25)31-28(34)23-13-11-22(12-14-23)27(33)21-9-5-2-6-10-21/h1-14H,15-16,18-19H2,(H,31,34). The lowest BCUT2D eigenvalue weighted by molar-refractivity contribution is 0.102. The monoisotopic (exact) mass is 477 g/mol. The molecule has 0 radical (unpaired) electrons. The van der Waals surface area contributed by atoms with Gasteiger partial charge in [-0.05, 0) is 29.7 Å². The Hall–Kier alpha value is -4.05. The van der Waals surface area contributed by atoms with Crippen LogP contribution in [-0.2, 0) is 19.5 Å². The number of thiophene rings is 1. The molecule has 0 spiro atoms. The van der Waals surface area contributed by atoms with Crippen molar-refractivity contribution >= 4 is 28.0 Å². The molecule has 2 heterocycles. The van der Waals surface area contributed by atoms with Crippen molar-refractivity contribution in [3.63, 3.8) is 0 Å². The van der Waals surface area contributed by atoms with Crippen molar-refractivity contribution in [1.82, 2.24) is 4.90 Å². The van der Waals surface area contributed by atoms with Gasteiger partial charge in [-0.25, -0.2) is 0 Å². The van der Waals surface area contributed by atoms with Crippen molar-refractivity contribution in [2.45, 2.75) is 19.5 Å². The predicted molar refractivity (Wildman–Crippen MR) is 138 cm³/mol.